The van der Waals surface area contributed by atoms with Crippen LogP contribution in [0.5, 0.6) is 0 Å². The van der Waals surface area contributed by atoms with E-state index in [-0.39, 0.29) is 23.2 Å². The molecular formula is C15H15F3N2. The molecule has 0 bridgehead atoms. The zero-order valence-corrected chi connectivity index (χ0v) is 11.0. The Kier molecular flexibility index (Phi) is 4.17. The minimum atomic E-state index is -0.990. The molecule has 0 aliphatic rings. The summed E-state index contributed by atoms with van der Waals surface area (Å²) in [5.41, 5.74) is 6.63. The molecule has 0 fully saturated rings. The fourth-order valence-electron chi connectivity index (χ4n) is 1.98. The maximum absolute atomic E-state index is 13.6. The van der Waals surface area contributed by atoms with Gasteiger partial charge < -0.3 is 11.1 Å². The van der Waals surface area contributed by atoms with Crippen LogP contribution in [0.3, 0.4) is 0 Å². The van der Waals surface area contributed by atoms with Crippen LogP contribution >= 0.6 is 0 Å². The van der Waals surface area contributed by atoms with Crippen LogP contribution in [0.15, 0.2) is 36.4 Å². The molecule has 2 aromatic carbocycles. The van der Waals surface area contributed by atoms with E-state index in [9.17, 15) is 13.2 Å². The zero-order valence-electron chi connectivity index (χ0n) is 11.0. The molecule has 5 heteroatoms. The van der Waals surface area contributed by atoms with E-state index in [1.807, 2.05) is 6.92 Å². The Morgan fingerprint density at radius 1 is 1.05 bits per heavy atom. The van der Waals surface area contributed by atoms with Crippen LogP contribution in [0.1, 0.15) is 12.5 Å². The molecule has 0 radical (unpaired) electrons. The summed E-state index contributed by atoms with van der Waals surface area (Å²) < 4.78 is 39.6. The number of hydrogen-bond acceptors (Lipinski definition) is 2. The summed E-state index contributed by atoms with van der Waals surface area (Å²) in [6, 6.07) is 8.14. The molecule has 0 saturated carbocycles. The van der Waals surface area contributed by atoms with Crippen molar-refractivity contribution in [2.75, 3.05) is 11.1 Å². The molecule has 0 spiro atoms. The summed E-state index contributed by atoms with van der Waals surface area (Å²) in [7, 11) is 0. The van der Waals surface area contributed by atoms with Crippen molar-refractivity contribution in [3.8, 4) is 0 Å². The minimum Gasteiger partial charge on any atom is -0.397 e. The van der Waals surface area contributed by atoms with Gasteiger partial charge in [0, 0.05) is 6.04 Å². The van der Waals surface area contributed by atoms with Crippen molar-refractivity contribution >= 4 is 11.4 Å². The van der Waals surface area contributed by atoms with E-state index in [1.165, 1.54) is 18.2 Å². The Hall–Kier alpha value is -2.17. The molecule has 1 unspecified atom stereocenters. The average molecular weight is 280 g/mol. The molecule has 0 aliphatic carbocycles. The first-order valence-corrected chi connectivity index (χ1v) is 6.22. The summed E-state index contributed by atoms with van der Waals surface area (Å²) >= 11 is 0. The third kappa shape index (κ3) is 3.23. The van der Waals surface area contributed by atoms with Gasteiger partial charge in [0.1, 0.15) is 5.82 Å². The van der Waals surface area contributed by atoms with E-state index < -0.39 is 11.6 Å². The third-order valence-corrected chi connectivity index (χ3v) is 2.97. The van der Waals surface area contributed by atoms with Crippen LogP contribution in [0.2, 0.25) is 0 Å². The molecule has 106 valence electrons. The fourth-order valence-corrected chi connectivity index (χ4v) is 1.98. The Morgan fingerprint density at radius 2 is 1.70 bits per heavy atom. The molecule has 0 saturated heterocycles. The normalized spacial score (nSPS) is 12.2. The zero-order chi connectivity index (χ0) is 14.7. The highest BCUT2D eigenvalue weighted by atomic mass is 19.2. The SMILES string of the molecule is CC(Cc1ccc(F)cc1)Nc1c(N)ccc(F)c1F. The minimum absolute atomic E-state index is 0.0420. The quantitative estimate of drug-likeness (QED) is 0.837. The van der Waals surface area contributed by atoms with Crippen molar-refractivity contribution in [3.63, 3.8) is 0 Å². The number of rotatable bonds is 4. The summed E-state index contributed by atoms with van der Waals surface area (Å²) in [5.74, 6) is -2.25. The topological polar surface area (TPSA) is 38.0 Å². The van der Waals surface area contributed by atoms with E-state index in [2.05, 4.69) is 5.32 Å². The van der Waals surface area contributed by atoms with Gasteiger partial charge in [0.15, 0.2) is 11.6 Å². The lowest BCUT2D eigenvalue weighted by atomic mass is 10.1. The molecule has 20 heavy (non-hydrogen) atoms. The van der Waals surface area contributed by atoms with Crippen LogP contribution in [0.4, 0.5) is 24.5 Å². The van der Waals surface area contributed by atoms with Crippen LogP contribution in [-0.4, -0.2) is 6.04 Å². The van der Waals surface area contributed by atoms with Crippen molar-refractivity contribution < 1.29 is 13.2 Å². The van der Waals surface area contributed by atoms with E-state index >= 15 is 0 Å². The van der Waals surface area contributed by atoms with Crippen molar-refractivity contribution in [2.45, 2.75) is 19.4 Å². The molecule has 2 nitrogen and oxygen atoms in total. The standard InChI is InChI=1S/C15H15F3N2/c1-9(8-10-2-4-11(16)5-3-10)20-15-13(19)7-6-12(17)14(15)18/h2-7,9,20H,8,19H2,1H3. The lowest BCUT2D eigenvalue weighted by Crippen LogP contribution is -2.20. The maximum atomic E-state index is 13.6. The van der Waals surface area contributed by atoms with Crippen molar-refractivity contribution in [1.29, 1.82) is 0 Å². The molecule has 0 heterocycles. The van der Waals surface area contributed by atoms with Crippen LogP contribution in [0, 0.1) is 17.5 Å². The van der Waals surface area contributed by atoms with Gasteiger partial charge >= 0.3 is 0 Å². The van der Waals surface area contributed by atoms with E-state index in [0.29, 0.717) is 6.42 Å². The smallest absolute Gasteiger partial charge is 0.183 e. The Balaban J connectivity index is 2.10. The highest BCUT2D eigenvalue weighted by molar-refractivity contribution is 5.67. The Morgan fingerprint density at radius 3 is 2.35 bits per heavy atom. The van der Waals surface area contributed by atoms with Gasteiger partial charge in [-0.2, -0.15) is 0 Å². The molecule has 1 atom stereocenters. The maximum Gasteiger partial charge on any atom is 0.183 e. The number of nitrogens with two attached hydrogens (primary N) is 1. The Labute approximate surface area is 115 Å². The molecule has 0 aliphatic heterocycles. The molecule has 2 rings (SSSR count). The van der Waals surface area contributed by atoms with Gasteiger partial charge in [-0.25, -0.2) is 13.2 Å². The van der Waals surface area contributed by atoms with Gasteiger partial charge in [-0.3, -0.25) is 0 Å². The number of nitrogens with one attached hydrogen (secondary N) is 1. The summed E-state index contributed by atoms with van der Waals surface area (Å²) in [4.78, 5) is 0. The summed E-state index contributed by atoms with van der Waals surface area (Å²) in [6.07, 6.45) is 0.537. The highest BCUT2D eigenvalue weighted by Crippen LogP contribution is 2.25. The first kappa shape index (κ1) is 14.2. The van der Waals surface area contributed by atoms with Gasteiger partial charge in [0.25, 0.3) is 0 Å². The predicted molar refractivity (Wildman–Crippen MR) is 74.0 cm³/mol. The van der Waals surface area contributed by atoms with E-state index in [4.69, 9.17) is 5.73 Å². The summed E-state index contributed by atoms with van der Waals surface area (Å²) in [5, 5.41) is 2.85. The Bertz CT molecular complexity index is 597. The van der Waals surface area contributed by atoms with Gasteiger partial charge in [-0.15, -0.1) is 0 Å². The van der Waals surface area contributed by atoms with E-state index in [1.54, 1.807) is 12.1 Å². The molecule has 0 aromatic heterocycles. The molecule has 3 N–H and O–H groups in total. The second-order valence-corrected chi connectivity index (χ2v) is 4.70. The van der Waals surface area contributed by atoms with Gasteiger partial charge in [0.2, 0.25) is 0 Å². The largest absolute Gasteiger partial charge is 0.397 e. The number of benzene rings is 2. The second-order valence-electron chi connectivity index (χ2n) is 4.70. The monoisotopic (exact) mass is 280 g/mol. The van der Waals surface area contributed by atoms with E-state index in [0.717, 1.165) is 11.6 Å². The number of hydrogen-bond donors (Lipinski definition) is 2. The molecule has 0 amide bonds. The van der Waals surface area contributed by atoms with Crippen molar-refractivity contribution in [3.05, 3.63) is 59.4 Å². The number of halogens is 3. The lowest BCUT2D eigenvalue weighted by molar-refractivity contribution is 0.510. The van der Waals surface area contributed by atoms with Gasteiger partial charge in [-0.1, -0.05) is 12.1 Å². The third-order valence-electron chi connectivity index (χ3n) is 2.97. The number of nitrogen functional groups attached to an aromatic ring is 1. The van der Waals surface area contributed by atoms with Gasteiger partial charge in [-0.05, 0) is 43.2 Å². The molecule has 2 aromatic rings. The highest BCUT2D eigenvalue weighted by Gasteiger charge is 2.14. The first-order valence-electron chi connectivity index (χ1n) is 6.22. The fraction of sp³-hybridized carbons (Fsp3) is 0.200. The molecular weight excluding hydrogens is 265 g/mol. The predicted octanol–water partition coefficient (Wildman–Crippen LogP) is 3.73. The summed E-state index contributed by atoms with van der Waals surface area (Å²) in [6.45, 7) is 1.81. The number of anilines is 2. The van der Waals surface area contributed by atoms with Crippen LogP contribution < -0.4 is 11.1 Å². The first-order chi connectivity index (χ1) is 9.47. The average Bonchev–Trinajstić information content (AvgIpc) is 2.42. The van der Waals surface area contributed by atoms with Crippen molar-refractivity contribution in [2.24, 2.45) is 0 Å². The van der Waals surface area contributed by atoms with Gasteiger partial charge in [0.05, 0.1) is 11.4 Å². The van der Waals surface area contributed by atoms with Crippen LogP contribution in [-0.2, 0) is 6.42 Å². The van der Waals surface area contributed by atoms with Crippen molar-refractivity contribution in [1.82, 2.24) is 0 Å². The van der Waals surface area contributed by atoms with Crippen LogP contribution in [0.25, 0.3) is 0 Å². The second kappa shape index (κ2) is 5.86. The lowest BCUT2D eigenvalue weighted by Gasteiger charge is -2.17.